The van der Waals surface area contributed by atoms with Gasteiger partial charge in [-0.2, -0.15) is 0 Å². The first-order valence-corrected chi connectivity index (χ1v) is 15.7. The fourth-order valence-electron chi connectivity index (χ4n) is 4.98. The molecular weight excluding hydrogens is 561 g/mol. The summed E-state index contributed by atoms with van der Waals surface area (Å²) in [5.41, 5.74) is 1.92. The summed E-state index contributed by atoms with van der Waals surface area (Å²) in [6, 6.07) is 13.1. The highest BCUT2D eigenvalue weighted by Crippen LogP contribution is 2.35. The maximum Gasteiger partial charge on any atom is 0.264 e. The zero-order chi connectivity index (χ0) is 27.4. The lowest BCUT2D eigenvalue weighted by molar-refractivity contribution is 0.0942. The highest BCUT2D eigenvalue weighted by Gasteiger charge is 2.27. The average Bonchev–Trinajstić information content (AvgIpc) is 3.37. The molecule has 2 aromatic carbocycles. The Labute approximate surface area is 239 Å². The number of nitrogens with zero attached hydrogens (tertiary/aromatic N) is 2. The number of sulfonamides is 1. The van der Waals surface area contributed by atoms with Crippen LogP contribution in [0.1, 0.15) is 40.9 Å². The maximum atomic E-state index is 13.3. The summed E-state index contributed by atoms with van der Waals surface area (Å²) in [6.07, 6.45) is 5.54. The molecule has 1 saturated carbocycles. The van der Waals surface area contributed by atoms with Crippen LogP contribution in [0.25, 0.3) is 0 Å². The molecule has 1 aliphatic rings. The molecule has 1 N–H and O–H groups in total. The zero-order valence-corrected chi connectivity index (χ0v) is 24.9. The van der Waals surface area contributed by atoms with E-state index >= 15 is 0 Å². The lowest BCUT2D eigenvalue weighted by atomic mass is 9.80. The van der Waals surface area contributed by atoms with Crippen LogP contribution in [0, 0.1) is 11.8 Å². The summed E-state index contributed by atoms with van der Waals surface area (Å²) in [4.78, 5) is 16.8. The molecule has 10 heteroatoms. The standard InChI is InChI=1S/C28H33Cl2N3O3S2/c1-32(2)26-14-15-37-27(26)16-19-8-10-20(11-9-19)18-31-28(34)22-6-4-5-7-25(22)33(3)38(35,36)21-12-13-23(29)24(30)17-21/h4-7,12-15,17,19-20H,8-11,16,18H2,1-3H3,(H,31,34). The predicted octanol–water partition coefficient (Wildman–Crippen LogP) is 6.72. The van der Waals surface area contributed by atoms with Crippen LogP contribution in [0.2, 0.25) is 10.0 Å². The Hall–Kier alpha value is -2.26. The van der Waals surface area contributed by atoms with Crippen LogP contribution in [-0.4, -0.2) is 42.0 Å². The summed E-state index contributed by atoms with van der Waals surface area (Å²) in [5, 5.41) is 5.64. The molecule has 0 bridgehead atoms. The zero-order valence-electron chi connectivity index (χ0n) is 21.8. The molecule has 0 spiro atoms. The number of nitrogens with one attached hydrogen (secondary N) is 1. The number of rotatable bonds is 9. The third-order valence-corrected chi connectivity index (χ3v) is 10.7. The second kappa shape index (κ2) is 12.3. The summed E-state index contributed by atoms with van der Waals surface area (Å²) in [7, 11) is 1.65. The van der Waals surface area contributed by atoms with Crippen molar-refractivity contribution in [3.05, 3.63) is 74.4 Å². The largest absolute Gasteiger partial charge is 0.377 e. The lowest BCUT2D eigenvalue weighted by Gasteiger charge is -2.29. The second-order valence-corrected chi connectivity index (χ2v) is 13.8. The van der Waals surface area contributed by atoms with Crippen molar-refractivity contribution >= 4 is 61.8 Å². The molecule has 0 saturated heterocycles. The van der Waals surface area contributed by atoms with Gasteiger partial charge in [0.25, 0.3) is 15.9 Å². The number of hydrogen-bond donors (Lipinski definition) is 1. The second-order valence-electron chi connectivity index (χ2n) is 9.99. The van der Waals surface area contributed by atoms with E-state index in [-0.39, 0.29) is 20.8 Å². The van der Waals surface area contributed by atoms with Gasteiger partial charge in [0.15, 0.2) is 0 Å². The van der Waals surface area contributed by atoms with E-state index in [4.69, 9.17) is 23.2 Å². The van der Waals surface area contributed by atoms with Crippen LogP contribution < -0.4 is 14.5 Å². The summed E-state index contributed by atoms with van der Waals surface area (Å²) in [6.45, 7) is 0.574. The Bertz CT molecular complexity index is 1380. The fraction of sp³-hybridized carbons (Fsp3) is 0.393. The van der Waals surface area contributed by atoms with Gasteiger partial charge in [0.1, 0.15) is 0 Å². The SMILES string of the molecule is CN(C)c1ccsc1CC1CCC(CNC(=O)c2ccccc2N(C)S(=O)(=O)c2ccc(Cl)c(Cl)c2)CC1. The van der Waals surface area contributed by atoms with Crippen molar-refractivity contribution in [2.75, 3.05) is 36.9 Å². The molecular formula is C28H33Cl2N3O3S2. The lowest BCUT2D eigenvalue weighted by Crippen LogP contribution is -2.34. The van der Waals surface area contributed by atoms with Crippen molar-refractivity contribution in [2.45, 2.75) is 37.0 Å². The van der Waals surface area contributed by atoms with Gasteiger partial charge in [-0.1, -0.05) is 35.3 Å². The van der Waals surface area contributed by atoms with Crippen LogP contribution in [-0.2, 0) is 16.4 Å². The van der Waals surface area contributed by atoms with Crippen molar-refractivity contribution < 1.29 is 13.2 Å². The highest BCUT2D eigenvalue weighted by atomic mass is 35.5. The van der Waals surface area contributed by atoms with Crippen LogP contribution in [0.4, 0.5) is 11.4 Å². The van der Waals surface area contributed by atoms with Gasteiger partial charge in [0.05, 0.1) is 31.9 Å². The minimum absolute atomic E-state index is 0.00150. The number of hydrogen-bond acceptors (Lipinski definition) is 5. The highest BCUT2D eigenvalue weighted by molar-refractivity contribution is 7.92. The van der Waals surface area contributed by atoms with Gasteiger partial charge in [-0.3, -0.25) is 9.10 Å². The van der Waals surface area contributed by atoms with Gasteiger partial charge < -0.3 is 10.2 Å². The molecule has 3 aromatic rings. The van der Waals surface area contributed by atoms with E-state index in [1.807, 2.05) is 11.3 Å². The minimum atomic E-state index is -3.95. The number of anilines is 2. The average molecular weight is 595 g/mol. The quantitative estimate of drug-likeness (QED) is 0.299. The van der Waals surface area contributed by atoms with Crippen molar-refractivity contribution in [3.8, 4) is 0 Å². The van der Waals surface area contributed by atoms with Gasteiger partial charge >= 0.3 is 0 Å². The first-order valence-electron chi connectivity index (χ1n) is 12.6. The van der Waals surface area contributed by atoms with Crippen LogP contribution >= 0.6 is 34.5 Å². The van der Waals surface area contributed by atoms with E-state index in [1.165, 1.54) is 35.8 Å². The molecule has 1 amide bonds. The van der Waals surface area contributed by atoms with Gasteiger partial charge in [-0.05, 0) is 85.7 Å². The number of halogens is 2. The summed E-state index contributed by atoms with van der Waals surface area (Å²) in [5.74, 6) is 0.796. The van der Waals surface area contributed by atoms with Crippen molar-refractivity contribution in [1.29, 1.82) is 0 Å². The van der Waals surface area contributed by atoms with Crippen LogP contribution in [0.3, 0.4) is 0 Å². The third-order valence-electron chi connectivity index (χ3n) is 7.23. The molecule has 1 heterocycles. The third kappa shape index (κ3) is 6.47. The van der Waals surface area contributed by atoms with E-state index in [1.54, 1.807) is 24.3 Å². The topological polar surface area (TPSA) is 69.7 Å². The molecule has 1 aromatic heterocycles. The molecule has 38 heavy (non-hydrogen) atoms. The first-order chi connectivity index (χ1) is 18.1. The van der Waals surface area contributed by atoms with Crippen molar-refractivity contribution in [1.82, 2.24) is 5.32 Å². The Morgan fingerprint density at radius 2 is 1.63 bits per heavy atom. The smallest absolute Gasteiger partial charge is 0.264 e. The molecule has 0 aliphatic heterocycles. The minimum Gasteiger partial charge on any atom is -0.377 e. The Balaban J connectivity index is 1.37. The fourth-order valence-corrected chi connectivity index (χ4v) is 7.65. The van der Waals surface area contributed by atoms with Crippen molar-refractivity contribution in [2.24, 2.45) is 11.8 Å². The predicted molar refractivity (Wildman–Crippen MR) is 159 cm³/mol. The molecule has 0 atom stereocenters. The Kier molecular flexibility index (Phi) is 9.29. The molecule has 6 nitrogen and oxygen atoms in total. The Morgan fingerprint density at radius 3 is 2.32 bits per heavy atom. The monoisotopic (exact) mass is 593 g/mol. The normalized spacial score (nSPS) is 17.7. The number of benzene rings is 2. The van der Waals surface area contributed by atoms with E-state index in [2.05, 4.69) is 35.8 Å². The molecule has 1 fully saturated rings. The van der Waals surface area contributed by atoms with E-state index in [0.717, 1.165) is 36.4 Å². The van der Waals surface area contributed by atoms with Gasteiger partial charge in [0, 0.05) is 32.6 Å². The first kappa shape index (κ1) is 28.7. The molecule has 1 aliphatic carbocycles. The van der Waals surface area contributed by atoms with Crippen LogP contribution in [0.15, 0.2) is 58.8 Å². The molecule has 204 valence electrons. The number of carbonyl (C=O) groups excluding carboxylic acids is 1. The van der Waals surface area contributed by atoms with E-state index in [9.17, 15) is 13.2 Å². The van der Waals surface area contributed by atoms with E-state index in [0.29, 0.717) is 29.6 Å². The van der Waals surface area contributed by atoms with Gasteiger partial charge in [-0.25, -0.2) is 8.42 Å². The number of amides is 1. The Morgan fingerprint density at radius 1 is 0.947 bits per heavy atom. The maximum absolute atomic E-state index is 13.3. The van der Waals surface area contributed by atoms with Crippen LogP contribution in [0.5, 0.6) is 0 Å². The summed E-state index contributed by atoms with van der Waals surface area (Å²) >= 11 is 13.8. The number of para-hydroxylation sites is 1. The molecule has 0 unspecified atom stereocenters. The number of carbonyl (C=O) groups is 1. The van der Waals surface area contributed by atoms with Crippen molar-refractivity contribution in [3.63, 3.8) is 0 Å². The molecule has 0 radical (unpaired) electrons. The summed E-state index contributed by atoms with van der Waals surface area (Å²) < 4.78 is 27.6. The van der Waals surface area contributed by atoms with Gasteiger partial charge in [0.2, 0.25) is 0 Å². The number of thiophene rings is 1. The van der Waals surface area contributed by atoms with E-state index < -0.39 is 10.0 Å². The molecule has 4 rings (SSSR count). The van der Waals surface area contributed by atoms with Gasteiger partial charge in [-0.15, -0.1) is 11.3 Å².